The fourth-order valence-electron chi connectivity index (χ4n) is 2.39. The molecule has 1 aliphatic heterocycles. The van der Waals surface area contributed by atoms with Crippen molar-refractivity contribution >= 4 is 34.9 Å². The van der Waals surface area contributed by atoms with Crippen molar-refractivity contribution in [1.82, 2.24) is 4.90 Å². The van der Waals surface area contributed by atoms with Gasteiger partial charge >= 0.3 is 6.09 Å². The molecule has 23 heavy (non-hydrogen) atoms. The molecule has 4 nitrogen and oxygen atoms in total. The molecule has 0 N–H and O–H groups in total. The van der Waals surface area contributed by atoms with E-state index in [0.717, 1.165) is 11.1 Å². The van der Waals surface area contributed by atoms with Crippen LogP contribution in [-0.4, -0.2) is 36.8 Å². The number of benzene rings is 1. The Morgan fingerprint density at radius 1 is 1.26 bits per heavy atom. The molecule has 0 unspecified atom stereocenters. The van der Waals surface area contributed by atoms with Crippen LogP contribution < -0.4 is 4.74 Å². The lowest BCUT2D eigenvalue weighted by molar-refractivity contribution is 0.0270. The highest BCUT2D eigenvalue weighted by Gasteiger charge is 2.25. The van der Waals surface area contributed by atoms with Crippen LogP contribution in [0.25, 0.3) is 5.57 Å². The number of carbonyl (C=O) groups is 1. The highest BCUT2D eigenvalue weighted by molar-refractivity contribution is 6.43. The standard InChI is InChI=1S/C17H21Cl2NO3/c1-17(2,3)23-16(21)20-9-7-11(8-10-20)14-13(22-4)6-5-12(18)15(14)19/h5-7H,8-10H2,1-4H3. The van der Waals surface area contributed by atoms with Crippen LogP contribution in [0.2, 0.25) is 10.0 Å². The van der Waals surface area contributed by atoms with Crippen LogP contribution in [0.4, 0.5) is 4.79 Å². The minimum atomic E-state index is -0.499. The highest BCUT2D eigenvalue weighted by Crippen LogP contribution is 2.39. The lowest BCUT2D eigenvalue weighted by Gasteiger charge is -2.30. The van der Waals surface area contributed by atoms with E-state index in [4.69, 9.17) is 32.7 Å². The third-order valence-electron chi connectivity index (χ3n) is 3.46. The second-order valence-corrected chi connectivity index (χ2v) is 7.13. The molecule has 6 heteroatoms. The van der Waals surface area contributed by atoms with E-state index in [1.165, 1.54) is 0 Å². The molecule has 0 radical (unpaired) electrons. The summed E-state index contributed by atoms with van der Waals surface area (Å²) in [5.74, 6) is 0.677. The number of methoxy groups -OCH3 is 1. The van der Waals surface area contributed by atoms with E-state index in [2.05, 4.69) is 0 Å². The number of hydrogen-bond donors (Lipinski definition) is 0. The summed E-state index contributed by atoms with van der Waals surface area (Å²) in [5.41, 5.74) is 1.32. The molecule has 2 rings (SSSR count). The van der Waals surface area contributed by atoms with E-state index in [1.807, 2.05) is 26.8 Å². The molecule has 0 aliphatic carbocycles. The zero-order chi connectivity index (χ0) is 17.2. The number of carbonyl (C=O) groups excluding carboxylic acids is 1. The monoisotopic (exact) mass is 357 g/mol. The van der Waals surface area contributed by atoms with Gasteiger partial charge < -0.3 is 14.4 Å². The van der Waals surface area contributed by atoms with Gasteiger partial charge in [-0.1, -0.05) is 29.3 Å². The van der Waals surface area contributed by atoms with Crippen LogP contribution in [0.15, 0.2) is 18.2 Å². The van der Waals surface area contributed by atoms with Crippen molar-refractivity contribution in [3.63, 3.8) is 0 Å². The first kappa shape index (κ1) is 18.0. The quantitative estimate of drug-likeness (QED) is 0.745. The lowest BCUT2D eigenvalue weighted by Crippen LogP contribution is -2.39. The van der Waals surface area contributed by atoms with E-state index in [-0.39, 0.29) is 6.09 Å². The summed E-state index contributed by atoms with van der Waals surface area (Å²) in [6, 6.07) is 3.51. The summed E-state index contributed by atoms with van der Waals surface area (Å²) in [4.78, 5) is 13.8. The maximum atomic E-state index is 12.1. The summed E-state index contributed by atoms with van der Waals surface area (Å²) < 4.78 is 10.8. The number of amides is 1. The predicted octanol–water partition coefficient (Wildman–Crippen LogP) is 5.03. The summed E-state index contributed by atoms with van der Waals surface area (Å²) in [6.45, 7) is 6.59. The average Bonchev–Trinajstić information content (AvgIpc) is 2.48. The molecule has 1 aromatic carbocycles. The van der Waals surface area contributed by atoms with Gasteiger partial charge in [0.2, 0.25) is 0 Å². The number of rotatable bonds is 2. The molecule has 126 valence electrons. The molecule has 1 amide bonds. The maximum Gasteiger partial charge on any atom is 0.410 e. The molecule has 1 heterocycles. The molecule has 0 spiro atoms. The third-order valence-corrected chi connectivity index (χ3v) is 4.26. The normalized spacial score (nSPS) is 15.2. The van der Waals surface area contributed by atoms with Crippen LogP contribution in [0.5, 0.6) is 5.75 Å². The van der Waals surface area contributed by atoms with Crippen molar-refractivity contribution in [3.05, 3.63) is 33.8 Å². The number of hydrogen-bond acceptors (Lipinski definition) is 3. The zero-order valence-corrected chi connectivity index (χ0v) is 15.3. The second kappa shape index (κ2) is 7.02. The van der Waals surface area contributed by atoms with E-state index in [0.29, 0.717) is 35.3 Å². The van der Waals surface area contributed by atoms with Crippen molar-refractivity contribution < 1.29 is 14.3 Å². The van der Waals surface area contributed by atoms with Gasteiger partial charge in [-0.2, -0.15) is 0 Å². The molecule has 0 aromatic heterocycles. The minimum Gasteiger partial charge on any atom is -0.496 e. The predicted molar refractivity (Wildman–Crippen MR) is 93.4 cm³/mol. The lowest BCUT2D eigenvalue weighted by atomic mass is 9.98. The molecule has 1 aromatic rings. The van der Waals surface area contributed by atoms with Crippen LogP contribution >= 0.6 is 23.2 Å². The zero-order valence-electron chi connectivity index (χ0n) is 13.8. The van der Waals surface area contributed by atoms with Gasteiger partial charge in [0.25, 0.3) is 0 Å². The Morgan fingerprint density at radius 2 is 1.96 bits per heavy atom. The van der Waals surface area contributed by atoms with Gasteiger partial charge in [-0.15, -0.1) is 0 Å². The highest BCUT2D eigenvalue weighted by atomic mass is 35.5. The summed E-state index contributed by atoms with van der Waals surface area (Å²) >= 11 is 12.5. The molecular weight excluding hydrogens is 337 g/mol. The van der Waals surface area contributed by atoms with E-state index < -0.39 is 5.60 Å². The Balaban J connectivity index is 2.20. The Labute approximate surface area is 147 Å². The van der Waals surface area contributed by atoms with Crippen LogP contribution in [-0.2, 0) is 4.74 Å². The molecule has 0 bridgehead atoms. The van der Waals surface area contributed by atoms with Gasteiger partial charge in [0.1, 0.15) is 11.4 Å². The fraction of sp³-hybridized carbons (Fsp3) is 0.471. The summed E-state index contributed by atoms with van der Waals surface area (Å²) in [6.07, 6.45) is 2.32. The second-order valence-electron chi connectivity index (χ2n) is 6.34. The van der Waals surface area contributed by atoms with Crippen molar-refractivity contribution in [3.8, 4) is 5.75 Å². The smallest absolute Gasteiger partial charge is 0.410 e. The first-order valence-corrected chi connectivity index (χ1v) is 8.18. The van der Waals surface area contributed by atoms with Gasteiger partial charge in [-0.05, 0) is 44.9 Å². The maximum absolute atomic E-state index is 12.1. The minimum absolute atomic E-state index is 0.308. The van der Waals surface area contributed by atoms with Crippen LogP contribution in [0.3, 0.4) is 0 Å². The Hall–Kier alpha value is -1.39. The van der Waals surface area contributed by atoms with E-state index >= 15 is 0 Å². The van der Waals surface area contributed by atoms with Gasteiger partial charge in [0, 0.05) is 18.7 Å². The first-order chi connectivity index (χ1) is 10.7. The van der Waals surface area contributed by atoms with Crippen molar-refractivity contribution in [2.75, 3.05) is 20.2 Å². The Bertz CT molecular complexity index is 635. The first-order valence-electron chi connectivity index (χ1n) is 7.42. The van der Waals surface area contributed by atoms with E-state index in [1.54, 1.807) is 24.1 Å². The number of nitrogens with zero attached hydrogens (tertiary/aromatic N) is 1. The van der Waals surface area contributed by atoms with Crippen molar-refractivity contribution in [2.45, 2.75) is 32.8 Å². The van der Waals surface area contributed by atoms with Gasteiger partial charge in [-0.25, -0.2) is 4.79 Å². The number of ether oxygens (including phenoxy) is 2. The fourth-order valence-corrected chi connectivity index (χ4v) is 2.83. The number of halogens is 2. The van der Waals surface area contributed by atoms with Crippen molar-refractivity contribution in [2.24, 2.45) is 0 Å². The molecule has 0 fully saturated rings. The van der Waals surface area contributed by atoms with E-state index in [9.17, 15) is 4.79 Å². The van der Waals surface area contributed by atoms with Gasteiger partial charge in [-0.3, -0.25) is 0 Å². The molecular formula is C17H21Cl2NO3. The van der Waals surface area contributed by atoms with Crippen LogP contribution in [0.1, 0.15) is 32.8 Å². The van der Waals surface area contributed by atoms with Crippen molar-refractivity contribution in [1.29, 1.82) is 0 Å². The largest absolute Gasteiger partial charge is 0.496 e. The Morgan fingerprint density at radius 3 is 2.48 bits per heavy atom. The summed E-state index contributed by atoms with van der Waals surface area (Å²) in [7, 11) is 1.60. The third kappa shape index (κ3) is 4.33. The van der Waals surface area contributed by atoms with Gasteiger partial charge in [0.05, 0.1) is 17.2 Å². The molecule has 0 saturated heterocycles. The Kier molecular flexibility index (Phi) is 5.48. The van der Waals surface area contributed by atoms with Crippen LogP contribution in [0, 0.1) is 0 Å². The molecule has 0 saturated carbocycles. The molecule has 1 aliphatic rings. The summed E-state index contributed by atoms with van der Waals surface area (Å²) in [5, 5.41) is 0.959. The SMILES string of the molecule is COc1ccc(Cl)c(Cl)c1C1=CCN(C(=O)OC(C)(C)C)CC1. The molecule has 0 atom stereocenters. The topological polar surface area (TPSA) is 38.8 Å². The average molecular weight is 358 g/mol. The van der Waals surface area contributed by atoms with Gasteiger partial charge in [0.15, 0.2) is 0 Å².